The van der Waals surface area contributed by atoms with Crippen molar-refractivity contribution in [1.82, 2.24) is 14.7 Å². The molecule has 2 aromatic heterocycles. The third-order valence-electron chi connectivity index (χ3n) is 4.95. The monoisotopic (exact) mass is 501 g/mol. The summed E-state index contributed by atoms with van der Waals surface area (Å²) in [5.74, 6) is -0.513. The minimum absolute atomic E-state index is 0.00425. The molecule has 0 aliphatic heterocycles. The maximum absolute atomic E-state index is 14.3. The van der Waals surface area contributed by atoms with Crippen LogP contribution >= 0.6 is 0 Å². The summed E-state index contributed by atoms with van der Waals surface area (Å²) in [5.41, 5.74) is 6.44. The van der Waals surface area contributed by atoms with Crippen molar-refractivity contribution in [1.29, 1.82) is 0 Å². The van der Waals surface area contributed by atoms with E-state index in [9.17, 15) is 17.6 Å². The Morgan fingerprint density at radius 2 is 1.91 bits per heavy atom. The van der Waals surface area contributed by atoms with Gasteiger partial charge in [0.25, 0.3) is 15.9 Å². The fraction of sp³-hybridized carbons (Fsp3) is 0.292. The molecule has 0 fully saturated rings. The first kappa shape index (κ1) is 25.9. The predicted octanol–water partition coefficient (Wildman–Crippen LogP) is 3.47. The van der Waals surface area contributed by atoms with E-state index < -0.39 is 21.7 Å². The fourth-order valence-electron chi connectivity index (χ4n) is 3.09. The molecule has 0 aliphatic carbocycles. The highest BCUT2D eigenvalue weighted by atomic mass is 32.2. The number of amides is 1. The number of aromatic nitrogens is 2. The second-order valence-electron chi connectivity index (χ2n) is 8.30. The number of nitrogens with two attached hydrogens (primary N) is 1. The summed E-state index contributed by atoms with van der Waals surface area (Å²) < 4.78 is 47.2. The Morgan fingerprint density at radius 3 is 2.57 bits per heavy atom. The summed E-state index contributed by atoms with van der Waals surface area (Å²) in [6.07, 6.45) is 0. The number of anilines is 2. The second kappa shape index (κ2) is 10.7. The van der Waals surface area contributed by atoms with Crippen molar-refractivity contribution in [3.8, 4) is 17.0 Å². The van der Waals surface area contributed by atoms with Gasteiger partial charge in [0.1, 0.15) is 23.2 Å². The Morgan fingerprint density at radius 1 is 1.17 bits per heavy atom. The number of carbonyl (C=O) groups is 1. The molecule has 11 heteroatoms. The van der Waals surface area contributed by atoms with E-state index in [0.717, 1.165) is 0 Å². The number of nitrogens with zero attached hydrogens (tertiary/aromatic N) is 3. The largest absolute Gasteiger partial charge is 0.493 e. The number of rotatable bonds is 9. The van der Waals surface area contributed by atoms with E-state index in [1.807, 2.05) is 25.5 Å². The standard InChI is InChI=1S/C24H28FN5O4S/c1-5-30(4)23-19(24(31)29-35(32,33)22-8-6-7-21(26)28-22)9-10-20(27-23)16-11-17(25)13-18(12-16)34-14-15(2)3/h6-13,15H,5,14H2,1-4H3,(H2,26,28)(H,29,31). The van der Waals surface area contributed by atoms with Crippen LogP contribution in [0.1, 0.15) is 31.1 Å². The van der Waals surface area contributed by atoms with Gasteiger partial charge in [0.2, 0.25) is 0 Å². The van der Waals surface area contributed by atoms with Crippen molar-refractivity contribution < 1.29 is 22.3 Å². The van der Waals surface area contributed by atoms with Gasteiger partial charge in [0, 0.05) is 25.2 Å². The number of sulfonamides is 1. The molecule has 0 spiro atoms. The highest BCUT2D eigenvalue weighted by Gasteiger charge is 2.24. The van der Waals surface area contributed by atoms with E-state index in [-0.39, 0.29) is 28.1 Å². The molecule has 0 atom stereocenters. The van der Waals surface area contributed by atoms with Crippen LogP contribution in [-0.2, 0) is 10.0 Å². The summed E-state index contributed by atoms with van der Waals surface area (Å²) in [7, 11) is -2.56. The number of carbonyl (C=O) groups excluding carboxylic acids is 1. The van der Waals surface area contributed by atoms with Crippen LogP contribution in [0.15, 0.2) is 53.6 Å². The van der Waals surface area contributed by atoms with Crippen LogP contribution in [0.5, 0.6) is 5.75 Å². The Bertz CT molecular complexity index is 1330. The smallest absolute Gasteiger partial charge is 0.281 e. The Kier molecular flexibility index (Phi) is 7.90. The van der Waals surface area contributed by atoms with Crippen LogP contribution in [0.25, 0.3) is 11.3 Å². The van der Waals surface area contributed by atoms with Crippen molar-refractivity contribution in [3.63, 3.8) is 0 Å². The summed E-state index contributed by atoms with van der Waals surface area (Å²) in [5, 5.41) is -0.380. The minimum Gasteiger partial charge on any atom is -0.493 e. The lowest BCUT2D eigenvalue weighted by Crippen LogP contribution is -2.33. The van der Waals surface area contributed by atoms with Gasteiger partial charge in [0.15, 0.2) is 5.03 Å². The molecule has 0 aliphatic rings. The Hall–Kier alpha value is -3.73. The van der Waals surface area contributed by atoms with Crippen LogP contribution in [0.3, 0.4) is 0 Å². The first-order valence-electron chi connectivity index (χ1n) is 11.0. The zero-order valence-electron chi connectivity index (χ0n) is 19.9. The normalized spacial score (nSPS) is 11.4. The average Bonchev–Trinajstić information content (AvgIpc) is 2.81. The maximum Gasteiger partial charge on any atom is 0.281 e. The van der Waals surface area contributed by atoms with Crippen molar-refractivity contribution >= 4 is 27.6 Å². The van der Waals surface area contributed by atoms with Gasteiger partial charge in [-0.05, 0) is 49.2 Å². The molecule has 0 saturated heterocycles. The predicted molar refractivity (Wildman–Crippen MR) is 132 cm³/mol. The van der Waals surface area contributed by atoms with E-state index in [2.05, 4.69) is 9.97 Å². The molecule has 1 amide bonds. The fourth-order valence-corrected chi connectivity index (χ4v) is 4.04. The van der Waals surface area contributed by atoms with Gasteiger partial charge < -0.3 is 15.4 Å². The number of pyridine rings is 2. The van der Waals surface area contributed by atoms with Crippen molar-refractivity contribution in [3.05, 3.63) is 59.9 Å². The number of benzene rings is 1. The molecule has 2 heterocycles. The van der Waals surface area contributed by atoms with E-state index in [4.69, 9.17) is 10.5 Å². The molecule has 9 nitrogen and oxygen atoms in total. The van der Waals surface area contributed by atoms with E-state index in [1.54, 1.807) is 18.0 Å². The van der Waals surface area contributed by atoms with Crippen molar-refractivity contribution in [2.45, 2.75) is 25.8 Å². The number of hydrogen-bond acceptors (Lipinski definition) is 8. The zero-order chi connectivity index (χ0) is 25.8. The highest BCUT2D eigenvalue weighted by molar-refractivity contribution is 7.90. The Labute approximate surface area is 204 Å². The Balaban J connectivity index is 1.97. The summed E-state index contributed by atoms with van der Waals surface area (Å²) in [6, 6.07) is 11.3. The lowest BCUT2D eigenvalue weighted by molar-refractivity contribution is 0.0981. The van der Waals surface area contributed by atoms with Gasteiger partial charge in [0.05, 0.1) is 17.9 Å². The number of ether oxygens (including phenoxy) is 1. The molecule has 3 rings (SSSR count). The van der Waals surface area contributed by atoms with Gasteiger partial charge in [-0.1, -0.05) is 19.9 Å². The molecular formula is C24H28FN5O4S. The van der Waals surface area contributed by atoms with Crippen molar-refractivity contribution in [2.75, 3.05) is 30.8 Å². The summed E-state index contributed by atoms with van der Waals surface area (Å²) in [6.45, 7) is 6.73. The number of halogens is 1. The summed E-state index contributed by atoms with van der Waals surface area (Å²) >= 11 is 0. The molecule has 3 N–H and O–H groups in total. The average molecular weight is 502 g/mol. The van der Waals surface area contributed by atoms with E-state index in [0.29, 0.717) is 30.2 Å². The first-order chi connectivity index (χ1) is 16.5. The molecular weight excluding hydrogens is 473 g/mol. The van der Waals surface area contributed by atoms with Gasteiger partial charge in [-0.3, -0.25) is 4.79 Å². The van der Waals surface area contributed by atoms with E-state index >= 15 is 0 Å². The number of nitrogens with one attached hydrogen (secondary N) is 1. The number of nitrogen functional groups attached to an aromatic ring is 1. The molecule has 0 radical (unpaired) electrons. The van der Waals surface area contributed by atoms with Crippen LogP contribution in [-0.4, -0.2) is 44.5 Å². The van der Waals surface area contributed by atoms with Gasteiger partial charge in [-0.2, -0.15) is 8.42 Å². The zero-order valence-corrected chi connectivity index (χ0v) is 20.8. The third-order valence-corrected chi connectivity index (χ3v) is 6.19. The molecule has 3 aromatic rings. The molecule has 35 heavy (non-hydrogen) atoms. The van der Waals surface area contributed by atoms with Gasteiger partial charge >= 0.3 is 0 Å². The van der Waals surface area contributed by atoms with Crippen molar-refractivity contribution in [2.24, 2.45) is 5.92 Å². The topological polar surface area (TPSA) is 128 Å². The number of hydrogen-bond donors (Lipinski definition) is 2. The van der Waals surface area contributed by atoms with Gasteiger partial charge in [-0.15, -0.1) is 0 Å². The van der Waals surface area contributed by atoms with Crippen LogP contribution in [0.2, 0.25) is 0 Å². The highest BCUT2D eigenvalue weighted by Crippen LogP contribution is 2.28. The van der Waals surface area contributed by atoms with Gasteiger partial charge in [-0.25, -0.2) is 19.1 Å². The molecule has 0 unspecified atom stereocenters. The summed E-state index contributed by atoms with van der Waals surface area (Å²) in [4.78, 5) is 23.0. The second-order valence-corrected chi connectivity index (χ2v) is 9.93. The molecule has 0 saturated carbocycles. The lowest BCUT2D eigenvalue weighted by Gasteiger charge is -2.20. The molecule has 0 bridgehead atoms. The minimum atomic E-state index is -4.27. The van der Waals surface area contributed by atoms with Crippen LogP contribution in [0.4, 0.5) is 16.0 Å². The first-order valence-corrected chi connectivity index (χ1v) is 12.4. The van der Waals surface area contributed by atoms with Crippen LogP contribution in [0, 0.1) is 11.7 Å². The SMILES string of the molecule is CCN(C)c1nc(-c2cc(F)cc(OCC(C)C)c2)ccc1C(=O)NS(=O)(=O)c1cccc(N)n1. The molecule has 186 valence electrons. The third kappa shape index (κ3) is 6.44. The quantitative estimate of drug-likeness (QED) is 0.456. The van der Waals surface area contributed by atoms with E-state index in [1.165, 1.54) is 42.5 Å². The molecule has 1 aromatic carbocycles. The lowest BCUT2D eigenvalue weighted by atomic mass is 10.1. The maximum atomic E-state index is 14.3. The van der Waals surface area contributed by atoms with Crippen LogP contribution < -0.4 is 20.1 Å².